The normalized spacial score (nSPS) is 10.4. The summed E-state index contributed by atoms with van der Waals surface area (Å²) < 4.78 is 6.05. The molecule has 1 aromatic carbocycles. The van der Waals surface area contributed by atoms with Gasteiger partial charge in [0.25, 0.3) is 0 Å². The number of esters is 1. The molecular formula is C13H13IN2O2. The third-order valence-electron chi connectivity index (χ3n) is 2.48. The van der Waals surface area contributed by atoms with Gasteiger partial charge < -0.3 is 9.72 Å². The van der Waals surface area contributed by atoms with Gasteiger partial charge in [-0.15, -0.1) is 0 Å². The molecule has 4 nitrogen and oxygen atoms in total. The summed E-state index contributed by atoms with van der Waals surface area (Å²) in [4.78, 5) is 19.1. The molecular weight excluding hydrogens is 343 g/mol. The van der Waals surface area contributed by atoms with Crippen LogP contribution < -0.4 is 0 Å². The summed E-state index contributed by atoms with van der Waals surface area (Å²) in [5.41, 5.74) is 2.06. The molecule has 0 radical (unpaired) electrons. The molecule has 0 saturated carbocycles. The summed E-state index contributed by atoms with van der Waals surface area (Å²) in [6.07, 6.45) is 0. The van der Waals surface area contributed by atoms with E-state index in [9.17, 15) is 4.79 Å². The second kappa shape index (κ2) is 5.51. The van der Waals surface area contributed by atoms with Gasteiger partial charge in [0.2, 0.25) is 0 Å². The first-order valence-corrected chi connectivity index (χ1v) is 6.70. The number of carbonyl (C=O) groups is 1. The number of aromatic amines is 1. The van der Waals surface area contributed by atoms with Gasteiger partial charge in [-0.2, -0.15) is 0 Å². The lowest BCUT2D eigenvalue weighted by atomic mass is 10.2. The SMILES string of the molecule is CCOC(=O)c1nc(-c2ccccc2I)[nH]c1C. The van der Waals surface area contributed by atoms with E-state index in [1.165, 1.54) is 0 Å². The molecule has 5 heteroatoms. The molecule has 2 aromatic rings. The standard InChI is InChI=1S/C13H13IN2O2/c1-3-18-13(17)11-8(2)15-12(16-11)9-6-4-5-7-10(9)14/h4-7H,3H2,1-2H3,(H,15,16). The van der Waals surface area contributed by atoms with Crippen LogP contribution in [-0.2, 0) is 4.74 Å². The maximum absolute atomic E-state index is 11.7. The molecule has 18 heavy (non-hydrogen) atoms. The molecule has 0 unspecified atom stereocenters. The molecule has 0 saturated heterocycles. The molecule has 2 rings (SSSR count). The zero-order chi connectivity index (χ0) is 13.1. The van der Waals surface area contributed by atoms with Crippen molar-refractivity contribution in [2.45, 2.75) is 13.8 Å². The van der Waals surface area contributed by atoms with Crippen molar-refractivity contribution in [1.29, 1.82) is 0 Å². The van der Waals surface area contributed by atoms with Gasteiger partial charge in [0.05, 0.1) is 6.61 Å². The van der Waals surface area contributed by atoms with Crippen molar-refractivity contribution in [3.8, 4) is 11.4 Å². The van der Waals surface area contributed by atoms with E-state index < -0.39 is 0 Å². The van der Waals surface area contributed by atoms with Crippen LogP contribution in [0.4, 0.5) is 0 Å². The van der Waals surface area contributed by atoms with Crippen LogP contribution >= 0.6 is 22.6 Å². The van der Waals surface area contributed by atoms with Crippen molar-refractivity contribution >= 4 is 28.6 Å². The number of carbonyl (C=O) groups excluding carboxylic acids is 1. The highest BCUT2D eigenvalue weighted by atomic mass is 127. The molecule has 1 aromatic heterocycles. The molecule has 0 spiro atoms. The smallest absolute Gasteiger partial charge is 0.358 e. The minimum Gasteiger partial charge on any atom is -0.461 e. The molecule has 1 N–H and O–H groups in total. The molecule has 1 heterocycles. The quantitative estimate of drug-likeness (QED) is 0.679. The predicted molar refractivity (Wildman–Crippen MR) is 77.4 cm³/mol. The molecule has 0 amide bonds. The lowest BCUT2D eigenvalue weighted by Crippen LogP contribution is -2.06. The van der Waals surface area contributed by atoms with Crippen molar-refractivity contribution in [3.63, 3.8) is 0 Å². The van der Waals surface area contributed by atoms with Crippen LogP contribution in [0.5, 0.6) is 0 Å². The number of aryl methyl sites for hydroxylation is 1. The van der Waals surface area contributed by atoms with Crippen molar-refractivity contribution in [2.75, 3.05) is 6.61 Å². The van der Waals surface area contributed by atoms with E-state index in [-0.39, 0.29) is 5.97 Å². The largest absolute Gasteiger partial charge is 0.461 e. The highest BCUT2D eigenvalue weighted by molar-refractivity contribution is 14.1. The van der Waals surface area contributed by atoms with Crippen molar-refractivity contribution in [1.82, 2.24) is 9.97 Å². The Bertz CT molecular complexity index is 578. The minimum atomic E-state index is -0.386. The Labute approximate surface area is 119 Å². The van der Waals surface area contributed by atoms with Crippen LogP contribution in [0.15, 0.2) is 24.3 Å². The number of ether oxygens (including phenoxy) is 1. The summed E-state index contributed by atoms with van der Waals surface area (Å²) in [5, 5.41) is 0. The van der Waals surface area contributed by atoms with E-state index in [2.05, 4.69) is 32.6 Å². The fourth-order valence-corrected chi connectivity index (χ4v) is 2.28. The van der Waals surface area contributed by atoms with Crippen LogP contribution in [0, 0.1) is 10.5 Å². The zero-order valence-electron chi connectivity index (χ0n) is 10.2. The number of aromatic nitrogens is 2. The minimum absolute atomic E-state index is 0.351. The predicted octanol–water partition coefficient (Wildman–Crippen LogP) is 3.17. The van der Waals surface area contributed by atoms with E-state index in [0.29, 0.717) is 18.1 Å². The Morgan fingerprint density at radius 1 is 1.44 bits per heavy atom. The average molecular weight is 356 g/mol. The topological polar surface area (TPSA) is 55.0 Å². The number of nitrogens with zero attached hydrogens (tertiary/aromatic N) is 1. The number of imidazole rings is 1. The summed E-state index contributed by atoms with van der Waals surface area (Å²) in [5.74, 6) is 0.309. The third-order valence-corrected chi connectivity index (χ3v) is 3.42. The zero-order valence-corrected chi connectivity index (χ0v) is 12.3. The highest BCUT2D eigenvalue weighted by Crippen LogP contribution is 2.23. The second-order valence-electron chi connectivity index (χ2n) is 3.76. The van der Waals surface area contributed by atoms with Crippen LogP contribution in [-0.4, -0.2) is 22.5 Å². The summed E-state index contributed by atoms with van der Waals surface area (Å²) in [6.45, 7) is 3.95. The monoisotopic (exact) mass is 356 g/mol. The Hall–Kier alpha value is -1.37. The van der Waals surface area contributed by atoms with Crippen LogP contribution in [0.3, 0.4) is 0 Å². The Balaban J connectivity index is 2.41. The summed E-state index contributed by atoms with van der Waals surface area (Å²) >= 11 is 2.24. The van der Waals surface area contributed by atoms with E-state index >= 15 is 0 Å². The number of hydrogen-bond acceptors (Lipinski definition) is 3. The van der Waals surface area contributed by atoms with Gasteiger partial charge >= 0.3 is 5.97 Å². The Kier molecular flexibility index (Phi) is 4.00. The van der Waals surface area contributed by atoms with Crippen molar-refractivity contribution in [3.05, 3.63) is 39.2 Å². The molecule has 0 aliphatic heterocycles. The van der Waals surface area contributed by atoms with Gasteiger partial charge in [-0.05, 0) is 42.5 Å². The number of rotatable bonds is 3. The second-order valence-corrected chi connectivity index (χ2v) is 4.92. The molecule has 94 valence electrons. The molecule has 0 bridgehead atoms. The van der Waals surface area contributed by atoms with Crippen LogP contribution in [0.1, 0.15) is 23.1 Å². The lowest BCUT2D eigenvalue weighted by Gasteiger charge is -1.99. The number of hydrogen-bond donors (Lipinski definition) is 1. The van der Waals surface area contributed by atoms with Gasteiger partial charge in [-0.3, -0.25) is 0 Å². The van der Waals surface area contributed by atoms with E-state index in [1.807, 2.05) is 31.2 Å². The van der Waals surface area contributed by atoms with Crippen molar-refractivity contribution < 1.29 is 9.53 Å². The van der Waals surface area contributed by atoms with E-state index in [4.69, 9.17) is 4.74 Å². The lowest BCUT2D eigenvalue weighted by molar-refractivity contribution is 0.0519. The maximum atomic E-state index is 11.7. The third kappa shape index (κ3) is 2.55. The van der Waals surface area contributed by atoms with E-state index in [0.717, 1.165) is 14.8 Å². The van der Waals surface area contributed by atoms with Crippen molar-refractivity contribution in [2.24, 2.45) is 0 Å². The fourth-order valence-electron chi connectivity index (χ4n) is 1.64. The van der Waals surface area contributed by atoms with Crippen LogP contribution in [0.2, 0.25) is 0 Å². The van der Waals surface area contributed by atoms with Gasteiger partial charge in [0, 0.05) is 14.8 Å². The molecule has 0 aliphatic rings. The number of nitrogens with one attached hydrogen (secondary N) is 1. The summed E-state index contributed by atoms with van der Waals surface area (Å²) in [6, 6.07) is 7.87. The first-order valence-electron chi connectivity index (χ1n) is 5.62. The first kappa shape index (κ1) is 13.1. The average Bonchev–Trinajstić information content (AvgIpc) is 2.72. The number of benzene rings is 1. The summed E-state index contributed by atoms with van der Waals surface area (Å²) in [7, 11) is 0. The number of H-pyrrole nitrogens is 1. The maximum Gasteiger partial charge on any atom is 0.358 e. The Morgan fingerprint density at radius 2 is 2.17 bits per heavy atom. The molecule has 0 atom stereocenters. The van der Waals surface area contributed by atoms with Gasteiger partial charge in [-0.25, -0.2) is 9.78 Å². The fraction of sp³-hybridized carbons (Fsp3) is 0.231. The van der Waals surface area contributed by atoms with Crippen LogP contribution in [0.25, 0.3) is 11.4 Å². The molecule has 0 fully saturated rings. The van der Waals surface area contributed by atoms with E-state index in [1.54, 1.807) is 6.92 Å². The first-order chi connectivity index (χ1) is 8.63. The highest BCUT2D eigenvalue weighted by Gasteiger charge is 2.17. The van der Waals surface area contributed by atoms with Gasteiger partial charge in [-0.1, -0.05) is 18.2 Å². The number of halogens is 1. The Morgan fingerprint density at radius 3 is 2.83 bits per heavy atom. The van der Waals surface area contributed by atoms with Gasteiger partial charge in [0.15, 0.2) is 5.69 Å². The molecule has 0 aliphatic carbocycles. The van der Waals surface area contributed by atoms with Gasteiger partial charge in [0.1, 0.15) is 5.82 Å².